The van der Waals surface area contributed by atoms with Gasteiger partial charge in [0.2, 0.25) is 5.91 Å². The number of urea groups is 1. The number of halogens is 1. The van der Waals surface area contributed by atoms with Gasteiger partial charge in [-0.15, -0.1) is 11.6 Å². The van der Waals surface area contributed by atoms with Crippen molar-refractivity contribution in [1.29, 1.82) is 0 Å². The number of imide groups is 1. The molecule has 3 amide bonds. The molecule has 0 spiro atoms. The smallest absolute Gasteiger partial charge is 0.321 e. The van der Waals surface area contributed by atoms with Crippen LogP contribution in [0.5, 0.6) is 0 Å². The fraction of sp³-hybridized carbons (Fsp3) is 0.833. The average Bonchev–Trinajstić information content (AvgIpc) is 2.22. The maximum atomic E-state index is 11.4. The molecule has 0 fully saturated rings. The normalized spacial score (nSPS) is 12.9. The molecule has 0 heterocycles. The van der Waals surface area contributed by atoms with E-state index in [4.69, 9.17) is 11.6 Å². The molecule has 0 aromatic carbocycles. The van der Waals surface area contributed by atoms with Crippen molar-refractivity contribution in [3.8, 4) is 0 Å². The molecule has 0 saturated carbocycles. The number of carbonyl (C=O) groups is 2. The summed E-state index contributed by atoms with van der Waals surface area (Å²) in [6, 6.07) is 0.332. The van der Waals surface area contributed by atoms with Crippen LogP contribution in [0, 0.1) is 0 Å². The van der Waals surface area contributed by atoms with Crippen LogP contribution in [0.3, 0.4) is 0 Å². The molecule has 0 aliphatic rings. The predicted molar refractivity (Wildman–Crippen MR) is 73.8 cm³/mol. The lowest BCUT2D eigenvalue weighted by Gasteiger charge is -2.30. The van der Waals surface area contributed by atoms with E-state index in [9.17, 15) is 9.59 Å². The second-order valence-corrected chi connectivity index (χ2v) is 5.44. The molecule has 1 atom stereocenters. The van der Waals surface area contributed by atoms with Crippen molar-refractivity contribution in [1.82, 2.24) is 15.5 Å². The summed E-state index contributed by atoms with van der Waals surface area (Å²) in [4.78, 5) is 24.8. The fourth-order valence-electron chi connectivity index (χ4n) is 1.67. The van der Waals surface area contributed by atoms with E-state index in [1.54, 1.807) is 0 Å². The van der Waals surface area contributed by atoms with Gasteiger partial charge in [-0.25, -0.2) is 4.79 Å². The van der Waals surface area contributed by atoms with E-state index in [1.165, 1.54) is 6.92 Å². The molecule has 5 nitrogen and oxygen atoms in total. The van der Waals surface area contributed by atoms with Gasteiger partial charge in [-0.3, -0.25) is 15.0 Å². The molecule has 0 rings (SSSR count). The van der Waals surface area contributed by atoms with Crippen LogP contribution < -0.4 is 10.6 Å². The summed E-state index contributed by atoms with van der Waals surface area (Å²) in [7, 11) is 0. The highest BCUT2D eigenvalue weighted by atomic mass is 35.5. The molecule has 106 valence electrons. The van der Waals surface area contributed by atoms with Crippen molar-refractivity contribution in [2.75, 3.05) is 13.1 Å². The lowest BCUT2D eigenvalue weighted by atomic mass is 10.2. The molecule has 0 radical (unpaired) electrons. The number of hydrogen-bond acceptors (Lipinski definition) is 3. The summed E-state index contributed by atoms with van der Waals surface area (Å²) in [5, 5.41) is 4.10. The van der Waals surface area contributed by atoms with Crippen LogP contribution in [0.2, 0.25) is 0 Å². The van der Waals surface area contributed by atoms with Crippen molar-refractivity contribution in [3.63, 3.8) is 0 Å². The van der Waals surface area contributed by atoms with Gasteiger partial charge in [0.1, 0.15) is 5.38 Å². The first-order valence-electron chi connectivity index (χ1n) is 6.24. The van der Waals surface area contributed by atoms with Crippen molar-refractivity contribution in [2.24, 2.45) is 0 Å². The molecule has 0 aromatic rings. The van der Waals surface area contributed by atoms with E-state index < -0.39 is 17.3 Å². The lowest BCUT2D eigenvalue weighted by Crippen LogP contribution is -2.46. The zero-order chi connectivity index (χ0) is 14.3. The van der Waals surface area contributed by atoms with E-state index in [0.717, 1.165) is 6.54 Å². The number of alkyl halides is 1. The third-order valence-corrected chi connectivity index (χ3v) is 2.78. The molecule has 2 N–H and O–H groups in total. The summed E-state index contributed by atoms with van der Waals surface area (Å²) in [5.74, 6) is -0.487. The summed E-state index contributed by atoms with van der Waals surface area (Å²) in [5.41, 5.74) is 0. The maximum absolute atomic E-state index is 11.4. The van der Waals surface area contributed by atoms with Crippen LogP contribution in [0.4, 0.5) is 4.79 Å². The van der Waals surface area contributed by atoms with E-state index in [2.05, 4.69) is 43.2 Å². The largest absolute Gasteiger partial charge is 0.337 e. The lowest BCUT2D eigenvalue weighted by molar-refractivity contribution is -0.119. The zero-order valence-corrected chi connectivity index (χ0v) is 12.5. The van der Waals surface area contributed by atoms with Gasteiger partial charge < -0.3 is 5.32 Å². The quantitative estimate of drug-likeness (QED) is 0.725. The number of amides is 3. The van der Waals surface area contributed by atoms with Crippen LogP contribution in [0.15, 0.2) is 0 Å². The summed E-state index contributed by atoms with van der Waals surface area (Å²) < 4.78 is 0. The van der Waals surface area contributed by atoms with E-state index in [0.29, 0.717) is 18.6 Å². The highest BCUT2D eigenvalue weighted by Gasteiger charge is 2.15. The fourth-order valence-corrected chi connectivity index (χ4v) is 1.72. The van der Waals surface area contributed by atoms with Gasteiger partial charge in [0.15, 0.2) is 0 Å². The van der Waals surface area contributed by atoms with Crippen molar-refractivity contribution < 1.29 is 9.59 Å². The molecule has 0 bridgehead atoms. The average molecular weight is 278 g/mol. The number of carbonyl (C=O) groups excluding carboxylic acids is 2. The van der Waals surface area contributed by atoms with Gasteiger partial charge in [-0.05, 0) is 34.6 Å². The highest BCUT2D eigenvalue weighted by molar-refractivity contribution is 6.31. The minimum atomic E-state index is -0.710. The van der Waals surface area contributed by atoms with Crippen LogP contribution in [0.25, 0.3) is 0 Å². The molecule has 0 aliphatic heterocycles. The summed E-state index contributed by atoms with van der Waals surface area (Å²) in [6.45, 7) is 11.2. The van der Waals surface area contributed by atoms with Gasteiger partial charge in [-0.1, -0.05) is 0 Å². The van der Waals surface area contributed by atoms with Crippen LogP contribution in [0.1, 0.15) is 34.6 Å². The maximum Gasteiger partial charge on any atom is 0.321 e. The number of hydrogen-bond donors (Lipinski definition) is 2. The molecular weight excluding hydrogens is 254 g/mol. The molecule has 0 aliphatic carbocycles. The van der Waals surface area contributed by atoms with Gasteiger partial charge in [-0.2, -0.15) is 0 Å². The second-order valence-electron chi connectivity index (χ2n) is 4.79. The van der Waals surface area contributed by atoms with Crippen LogP contribution in [-0.2, 0) is 4.79 Å². The SMILES string of the molecule is CC(Cl)C(=O)NC(=O)NCCN(C(C)C)C(C)C. The monoisotopic (exact) mass is 277 g/mol. The Balaban J connectivity index is 3.96. The zero-order valence-electron chi connectivity index (χ0n) is 11.8. The van der Waals surface area contributed by atoms with Crippen molar-refractivity contribution in [2.45, 2.75) is 52.1 Å². The molecule has 1 unspecified atom stereocenters. The van der Waals surface area contributed by atoms with Gasteiger partial charge >= 0.3 is 6.03 Å². The van der Waals surface area contributed by atoms with Crippen LogP contribution >= 0.6 is 11.6 Å². The Morgan fingerprint density at radius 3 is 2.00 bits per heavy atom. The summed E-state index contributed by atoms with van der Waals surface area (Å²) in [6.07, 6.45) is 0. The first kappa shape index (κ1) is 17.2. The molecule has 0 aromatic heterocycles. The Bertz CT molecular complexity index is 272. The van der Waals surface area contributed by atoms with Crippen LogP contribution in [-0.4, -0.2) is 47.4 Å². The van der Waals surface area contributed by atoms with Gasteiger partial charge in [0, 0.05) is 25.2 Å². The highest BCUT2D eigenvalue weighted by Crippen LogP contribution is 2.03. The first-order chi connectivity index (χ1) is 8.25. The Hall–Kier alpha value is -0.810. The second kappa shape index (κ2) is 8.32. The topological polar surface area (TPSA) is 61.4 Å². The third kappa shape index (κ3) is 6.81. The standard InChI is InChI=1S/C12H24ClN3O2/c1-8(2)16(9(3)4)7-6-14-12(18)15-11(17)10(5)13/h8-10H,6-7H2,1-5H3,(H2,14,15,17,18). The molecule has 0 saturated heterocycles. The number of nitrogens with one attached hydrogen (secondary N) is 2. The Morgan fingerprint density at radius 1 is 1.11 bits per heavy atom. The van der Waals surface area contributed by atoms with Crippen molar-refractivity contribution in [3.05, 3.63) is 0 Å². The van der Waals surface area contributed by atoms with E-state index >= 15 is 0 Å². The Kier molecular flexibility index (Phi) is 7.95. The molecular formula is C12H24ClN3O2. The Morgan fingerprint density at radius 2 is 1.61 bits per heavy atom. The third-order valence-electron chi connectivity index (χ3n) is 2.58. The molecule has 18 heavy (non-hydrogen) atoms. The van der Waals surface area contributed by atoms with E-state index in [-0.39, 0.29) is 0 Å². The number of rotatable bonds is 6. The van der Waals surface area contributed by atoms with Gasteiger partial charge in [0.05, 0.1) is 0 Å². The minimum Gasteiger partial charge on any atom is -0.337 e. The van der Waals surface area contributed by atoms with E-state index in [1.807, 2.05) is 0 Å². The van der Waals surface area contributed by atoms with Gasteiger partial charge in [0.25, 0.3) is 0 Å². The van der Waals surface area contributed by atoms with Crippen molar-refractivity contribution >= 4 is 23.5 Å². The first-order valence-corrected chi connectivity index (χ1v) is 6.67. The Labute approximate surface area is 114 Å². The number of nitrogens with zero attached hydrogens (tertiary/aromatic N) is 1. The minimum absolute atomic E-state index is 0.416. The molecule has 6 heteroatoms. The summed E-state index contributed by atoms with van der Waals surface area (Å²) >= 11 is 5.54. The predicted octanol–water partition coefficient (Wildman–Crippen LogP) is 1.56.